The molecule has 0 saturated carbocycles. The van der Waals surface area contributed by atoms with Crippen molar-refractivity contribution in [2.45, 2.75) is 25.7 Å². The molecule has 6 heteroatoms. The highest BCUT2D eigenvalue weighted by Gasteiger charge is 2.26. The summed E-state index contributed by atoms with van der Waals surface area (Å²) in [5.41, 5.74) is 5.71. The number of aryl methyl sites for hydroxylation is 1. The van der Waals surface area contributed by atoms with E-state index in [1.165, 1.54) is 47.3 Å². The lowest BCUT2D eigenvalue weighted by atomic mass is 9.91. The molecule has 4 rings (SSSR count). The first-order valence-electron chi connectivity index (χ1n) is 8.63. The molecule has 0 unspecified atom stereocenters. The third-order valence-corrected chi connectivity index (χ3v) is 5.66. The van der Waals surface area contributed by atoms with Crippen LogP contribution in [0.1, 0.15) is 23.3 Å². The van der Waals surface area contributed by atoms with Crippen LogP contribution < -0.4 is 18.6 Å². The molecule has 4 nitrogen and oxygen atoms in total. The Labute approximate surface area is 164 Å². The minimum atomic E-state index is -4.94. The van der Waals surface area contributed by atoms with Gasteiger partial charge in [-0.25, -0.2) is 18.6 Å². The average molecular weight is 403 g/mol. The van der Waals surface area contributed by atoms with Gasteiger partial charge >= 0.3 is 0 Å². The van der Waals surface area contributed by atoms with Crippen LogP contribution >= 0.6 is 11.3 Å². The maximum absolute atomic E-state index is 8.49. The van der Waals surface area contributed by atoms with E-state index in [9.17, 15) is 0 Å². The van der Waals surface area contributed by atoms with Crippen molar-refractivity contribution >= 4 is 11.3 Å². The van der Waals surface area contributed by atoms with Crippen LogP contribution in [-0.2, 0) is 12.8 Å². The first-order valence-corrected chi connectivity index (χ1v) is 10.7. The highest BCUT2D eigenvalue weighted by molar-refractivity contribution is 7.15. The number of hydrogen-bond acceptors (Lipinski definition) is 4. The summed E-state index contributed by atoms with van der Waals surface area (Å²) in [4.78, 5) is 2.98. The number of hydrogen-bond donors (Lipinski definition) is 0. The van der Waals surface area contributed by atoms with Gasteiger partial charge in [0.05, 0.1) is 0 Å². The van der Waals surface area contributed by atoms with Gasteiger partial charge in [0.15, 0.2) is 0 Å². The summed E-state index contributed by atoms with van der Waals surface area (Å²) in [6, 6.07) is 24.0. The molecule has 27 heavy (non-hydrogen) atoms. The molecule has 0 radical (unpaired) electrons. The Morgan fingerprint density at radius 2 is 1.22 bits per heavy atom. The van der Waals surface area contributed by atoms with Crippen LogP contribution in [0.4, 0.5) is 0 Å². The smallest absolute Gasteiger partial charge is 0.222 e. The van der Waals surface area contributed by atoms with Crippen molar-refractivity contribution in [1.29, 1.82) is 0 Å². The van der Waals surface area contributed by atoms with Crippen molar-refractivity contribution < 1.29 is 28.9 Å². The number of fused-ring (bicyclic) bond motifs is 1. The second-order valence-corrected chi connectivity index (χ2v) is 8.14. The first kappa shape index (κ1) is 19.9. The summed E-state index contributed by atoms with van der Waals surface area (Å²) in [7, 11) is -4.94. The molecule has 0 atom stereocenters. The van der Waals surface area contributed by atoms with Crippen LogP contribution in [0.15, 0.2) is 66.7 Å². The minimum absolute atomic E-state index is 1.23. The van der Waals surface area contributed by atoms with E-state index in [0.29, 0.717) is 0 Å². The predicted molar refractivity (Wildman–Crippen MR) is 96.2 cm³/mol. The van der Waals surface area contributed by atoms with E-state index in [1.54, 1.807) is 10.4 Å². The second kappa shape index (κ2) is 8.89. The van der Waals surface area contributed by atoms with Gasteiger partial charge in [0.1, 0.15) is 0 Å². The predicted octanol–water partition coefficient (Wildman–Crippen LogP) is 1.49. The monoisotopic (exact) mass is 402 g/mol. The molecule has 0 saturated heterocycles. The van der Waals surface area contributed by atoms with Gasteiger partial charge in [-0.05, 0) is 42.5 Å². The summed E-state index contributed by atoms with van der Waals surface area (Å²) >= 11 is 1.99. The Kier molecular flexibility index (Phi) is 6.55. The molecule has 0 amide bonds. The zero-order valence-corrected chi connectivity index (χ0v) is 16.2. The fraction of sp³-hybridized carbons (Fsp3) is 0.190. The Bertz CT molecular complexity index is 874. The van der Waals surface area contributed by atoms with Gasteiger partial charge in [-0.2, -0.15) is 0 Å². The molecule has 1 heterocycles. The fourth-order valence-corrected chi connectivity index (χ4v) is 4.55. The van der Waals surface area contributed by atoms with Crippen LogP contribution in [0.5, 0.6) is 0 Å². The zero-order valence-electron chi connectivity index (χ0n) is 14.6. The lowest BCUT2D eigenvalue weighted by molar-refractivity contribution is -2.00. The average Bonchev–Trinajstić information content (AvgIpc) is 2.67. The molecule has 2 aromatic carbocycles. The van der Waals surface area contributed by atoms with E-state index < -0.39 is 10.2 Å². The van der Waals surface area contributed by atoms with Gasteiger partial charge < -0.3 is 0 Å². The van der Waals surface area contributed by atoms with Crippen molar-refractivity contribution in [3.63, 3.8) is 0 Å². The van der Waals surface area contributed by atoms with Crippen molar-refractivity contribution in [1.82, 2.24) is 0 Å². The Balaban J connectivity index is 0.000000376. The van der Waals surface area contributed by atoms with E-state index in [4.69, 9.17) is 18.6 Å². The van der Waals surface area contributed by atoms with E-state index in [-0.39, 0.29) is 0 Å². The molecule has 1 aliphatic carbocycles. The molecule has 1 aliphatic rings. The van der Waals surface area contributed by atoms with Gasteiger partial charge in [0.2, 0.25) is 21.1 Å². The van der Waals surface area contributed by atoms with Crippen LogP contribution in [0.2, 0.25) is 0 Å². The van der Waals surface area contributed by atoms with Gasteiger partial charge in [0.25, 0.3) is 0 Å². The first-order chi connectivity index (χ1) is 12.9. The Morgan fingerprint density at radius 1 is 0.704 bits per heavy atom. The highest BCUT2D eigenvalue weighted by atomic mass is 35.7. The fourth-order valence-electron chi connectivity index (χ4n) is 3.28. The van der Waals surface area contributed by atoms with E-state index in [2.05, 4.69) is 66.7 Å². The van der Waals surface area contributed by atoms with Gasteiger partial charge in [0, 0.05) is 23.6 Å². The molecule has 140 valence electrons. The van der Waals surface area contributed by atoms with Crippen LogP contribution in [0.3, 0.4) is 0 Å². The Morgan fingerprint density at radius 3 is 1.81 bits per heavy atom. The number of benzene rings is 2. The SMILES string of the molecule is [O-][Cl+3]([O-])([O-])[O-].c1ccc(-c2cc(-c3ccccc3)c3c([s+]2)CCCC3)cc1. The minimum Gasteiger partial charge on any atom is -0.222 e. The molecular weight excluding hydrogens is 384 g/mol. The van der Waals surface area contributed by atoms with Crippen molar-refractivity contribution in [2.75, 3.05) is 0 Å². The lowest BCUT2D eigenvalue weighted by Crippen LogP contribution is -2.68. The van der Waals surface area contributed by atoms with Crippen LogP contribution in [0.25, 0.3) is 21.6 Å². The standard InChI is InChI=1S/C21H19S.ClHO4/c1-3-9-16(10-4-1)19-15-21(17-11-5-2-6-12-17)22-20-14-8-7-13-18(19)20;2-1(3,4)5/h1-6,9-12,15H,7-8,13-14H2;(H,2,3,4,5)/q+1;/p-1. The third kappa shape index (κ3) is 5.81. The topological polar surface area (TPSA) is 92.2 Å². The van der Waals surface area contributed by atoms with E-state index in [1.807, 2.05) is 11.3 Å². The molecule has 0 bridgehead atoms. The largest absolute Gasteiger partial charge is 0.238 e. The molecule has 0 spiro atoms. The maximum Gasteiger partial charge on any atom is 0.238 e. The summed E-state index contributed by atoms with van der Waals surface area (Å²) < 4.78 is 34.0. The van der Waals surface area contributed by atoms with Gasteiger partial charge in [-0.15, -0.1) is 10.2 Å². The summed E-state index contributed by atoms with van der Waals surface area (Å²) in [6.07, 6.45) is 5.12. The summed E-state index contributed by atoms with van der Waals surface area (Å²) in [6.45, 7) is 0. The molecule has 3 aromatic rings. The Hall–Kier alpha value is -1.86. The zero-order chi connectivity index (χ0) is 19.3. The van der Waals surface area contributed by atoms with Gasteiger partial charge in [-0.3, -0.25) is 0 Å². The van der Waals surface area contributed by atoms with Crippen molar-refractivity contribution in [3.05, 3.63) is 77.2 Å². The summed E-state index contributed by atoms with van der Waals surface area (Å²) in [5.74, 6) is 0. The van der Waals surface area contributed by atoms with E-state index >= 15 is 0 Å². The van der Waals surface area contributed by atoms with Gasteiger partial charge in [-0.1, -0.05) is 48.5 Å². The second-order valence-electron chi connectivity index (χ2n) is 6.24. The summed E-state index contributed by atoms with van der Waals surface area (Å²) in [5, 5.41) is 0. The molecule has 0 aliphatic heterocycles. The van der Waals surface area contributed by atoms with Crippen molar-refractivity contribution in [3.8, 4) is 21.6 Å². The quantitative estimate of drug-likeness (QED) is 0.607. The van der Waals surface area contributed by atoms with Crippen LogP contribution in [0, 0.1) is 10.2 Å². The van der Waals surface area contributed by atoms with E-state index in [0.717, 1.165) is 0 Å². The van der Waals surface area contributed by atoms with Crippen LogP contribution in [-0.4, -0.2) is 0 Å². The normalized spacial score (nSPS) is 13.3. The maximum atomic E-state index is 8.49. The lowest BCUT2D eigenvalue weighted by Gasteiger charge is -2.17. The van der Waals surface area contributed by atoms with Crippen molar-refractivity contribution in [2.24, 2.45) is 0 Å². The molecule has 1 aromatic heterocycles. The number of rotatable bonds is 2. The molecule has 0 fully saturated rings. The molecule has 0 N–H and O–H groups in total. The number of halogens is 1. The molecular formula is C21H19ClO4S. The third-order valence-electron chi connectivity index (χ3n) is 4.39. The highest BCUT2D eigenvalue weighted by Crippen LogP contribution is 2.39.